The monoisotopic (exact) mass is 578 g/mol. The van der Waals surface area contributed by atoms with Crippen LogP contribution in [-0.4, -0.2) is 95.2 Å². The van der Waals surface area contributed by atoms with Crippen molar-refractivity contribution in [3.05, 3.63) is 48.6 Å². The molecule has 0 aromatic heterocycles. The minimum Gasteiger partial charge on any atom is -0.394 e. The molecule has 2 saturated heterocycles. The van der Waals surface area contributed by atoms with Crippen molar-refractivity contribution in [1.29, 1.82) is 0 Å². The van der Waals surface area contributed by atoms with Crippen LogP contribution in [0.3, 0.4) is 0 Å². The third-order valence-electron chi connectivity index (χ3n) is 9.82. The van der Waals surface area contributed by atoms with Gasteiger partial charge < -0.3 is 29.4 Å². The van der Waals surface area contributed by atoms with Crippen LogP contribution in [0.4, 0.5) is 11.4 Å². The summed E-state index contributed by atoms with van der Waals surface area (Å²) < 4.78 is 7.03. The molecule has 1 unspecified atom stereocenters. The van der Waals surface area contributed by atoms with Crippen LogP contribution in [0.2, 0.25) is 0 Å². The van der Waals surface area contributed by atoms with Gasteiger partial charge in [0.05, 0.1) is 30.1 Å². The number of ether oxygens (including phenoxy) is 1. The Balaban J connectivity index is 1.62. The summed E-state index contributed by atoms with van der Waals surface area (Å²) in [6.45, 7) is 13.0. The van der Waals surface area contributed by atoms with Gasteiger partial charge in [0.1, 0.15) is 11.6 Å². The SMILES string of the molecule is CCCN1CC=C[C@@]2(CC)O[C@]34C=CCN(c5ccc(N(CC)CC)cc5)C(=O)C3N([C@@H](CC)CO)C(=O)[C@@H]4[C@H]2C1=O. The van der Waals surface area contributed by atoms with E-state index in [2.05, 4.69) is 18.7 Å². The molecule has 0 bridgehead atoms. The summed E-state index contributed by atoms with van der Waals surface area (Å²) in [6, 6.07) is 6.35. The third kappa shape index (κ3) is 4.47. The molecule has 0 saturated carbocycles. The highest BCUT2D eigenvalue weighted by atomic mass is 16.5. The third-order valence-corrected chi connectivity index (χ3v) is 9.82. The second-order valence-corrected chi connectivity index (χ2v) is 11.8. The first kappa shape index (κ1) is 30.3. The van der Waals surface area contributed by atoms with Gasteiger partial charge in [-0.05, 0) is 57.4 Å². The van der Waals surface area contributed by atoms with Crippen molar-refractivity contribution in [3.8, 4) is 0 Å². The zero-order valence-corrected chi connectivity index (χ0v) is 25.7. The molecule has 1 aromatic rings. The van der Waals surface area contributed by atoms with Crippen LogP contribution in [0.5, 0.6) is 0 Å². The van der Waals surface area contributed by atoms with Crippen molar-refractivity contribution in [2.24, 2.45) is 11.8 Å². The molecule has 5 rings (SSSR count). The van der Waals surface area contributed by atoms with Gasteiger partial charge in [0.25, 0.3) is 5.91 Å². The summed E-state index contributed by atoms with van der Waals surface area (Å²) in [5, 5.41) is 10.4. The van der Waals surface area contributed by atoms with Gasteiger partial charge in [-0.3, -0.25) is 14.4 Å². The largest absolute Gasteiger partial charge is 0.394 e. The van der Waals surface area contributed by atoms with Crippen LogP contribution >= 0.6 is 0 Å². The number of carbonyl (C=O) groups is 3. The summed E-state index contributed by atoms with van der Waals surface area (Å²) in [6.07, 6.45) is 9.48. The minimum atomic E-state index is -1.33. The van der Waals surface area contributed by atoms with E-state index in [-0.39, 0.29) is 24.3 Å². The van der Waals surface area contributed by atoms with Crippen LogP contribution in [0.15, 0.2) is 48.6 Å². The van der Waals surface area contributed by atoms with Crippen molar-refractivity contribution in [2.75, 3.05) is 49.1 Å². The smallest absolute Gasteiger partial charge is 0.253 e. The van der Waals surface area contributed by atoms with Crippen LogP contribution < -0.4 is 9.80 Å². The topological polar surface area (TPSA) is 93.6 Å². The van der Waals surface area contributed by atoms with Gasteiger partial charge in [-0.1, -0.05) is 45.1 Å². The molecule has 1 N–H and O–H groups in total. The molecular weight excluding hydrogens is 532 g/mol. The maximum absolute atomic E-state index is 14.7. The van der Waals surface area contributed by atoms with E-state index in [1.54, 1.807) is 14.7 Å². The normalized spacial score (nSPS) is 31.1. The quantitative estimate of drug-likeness (QED) is 0.428. The van der Waals surface area contributed by atoms with Gasteiger partial charge in [-0.2, -0.15) is 0 Å². The molecule has 1 aromatic carbocycles. The molecule has 9 heteroatoms. The molecule has 9 nitrogen and oxygen atoms in total. The van der Waals surface area contributed by atoms with Crippen LogP contribution in [0.1, 0.15) is 53.9 Å². The Labute approximate surface area is 249 Å². The predicted octanol–water partition coefficient (Wildman–Crippen LogP) is 3.38. The Bertz CT molecular complexity index is 1240. The number of fused-ring (bicyclic) bond motifs is 2. The standard InChI is InChI=1S/C33H46N4O5/c1-6-19-35-20-11-17-32(8-3)26(29(35)39)27-30(40)37(23(7-2)22-38)28-31(41)36(21-12-18-33(27,28)42-32)25-15-13-24(14-16-25)34(9-4)10-5/h11-18,23,26-28,38H,6-10,19-22H2,1-5H3/t23-,26-,27-,28?,32+,33-/m0/s1. The van der Waals surface area contributed by atoms with Gasteiger partial charge in [-0.15, -0.1) is 0 Å². The van der Waals surface area contributed by atoms with Gasteiger partial charge in [0.15, 0.2) is 0 Å². The Morgan fingerprint density at radius 1 is 0.929 bits per heavy atom. The van der Waals surface area contributed by atoms with Gasteiger partial charge in [0, 0.05) is 44.1 Å². The number of hydrogen-bond acceptors (Lipinski definition) is 6. The first-order valence-electron chi connectivity index (χ1n) is 15.7. The second-order valence-electron chi connectivity index (χ2n) is 11.8. The molecule has 1 spiro atoms. The van der Waals surface area contributed by atoms with E-state index in [4.69, 9.17) is 4.74 Å². The highest BCUT2D eigenvalue weighted by molar-refractivity contribution is 6.06. The highest BCUT2D eigenvalue weighted by Gasteiger charge is 2.75. The molecule has 6 atom stereocenters. The van der Waals surface area contributed by atoms with Gasteiger partial charge in [0.2, 0.25) is 11.8 Å². The lowest BCUT2D eigenvalue weighted by atomic mass is 9.73. The number of hydrogen-bond donors (Lipinski definition) is 1. The van der Waals surface area contributed by atoms with E-state index in [0.29, 0.717) is 32.5 Å². The van der Waals surface area contributed by atoms with Crippen LogP contribution in [0.25, 0.3) is 0 Å². The molecule has 0 aliphatic carbocycles. The van der Waals surface area contributed by atoms with Crippen molar-refractivity contribution >= 4 is 29.1 Å². The summed E-state index contributed by atoms with van der Waals surface area (Å²) in [5.74, 6) is -2.30. The Hall–Kier alpha value is -3.17. The predicted molar refractivity (Wildman–Crippen MR) is 163 cm³/mol. The number of amides is 3. The highest BCUT2D eigenvalue weighted by Crippen LogP contribution is 2.59. The number of aliphatic hydroxyl groups excluding tert-OH is 1. The van der Waals surface area contributed by atoms with Crippen molar-refractivity contribution < 1.29 is 24.2 Å². The number of carbonyl (C=O) groups excluding carboxylic acids is 3. The second kappa shape index (κ2) is 11.8. The van der Waals surface area contributed by atoms with Crippen molar-refractivity contribution in [3.63, 3.8) is 0 Å². The summed E-state index contributed by atoms with van der Waals surface area (Å²) >= 11 is 0. The zero-order valence-electron chi connectivity index (χ0n) is 25.7. The lowest BCUT2D eigenvalue weighted by molar-refractivity contribution is -0.152. The molecule has 4 aliphatic heterocycles. The van der Waals surface area contributed by atoms with E-state index in [0.717, 1.165) is 30.9 Å². The van der Waals surface area contributed by atoms with E-state index >= 15 is 0 Å². The van der Waals surface area contributed by atoms with Crippen molar-refractivity contribution in [2.45, 2.75) is 77.2 Å². The zero-order chi connectivity index (χ0) is 30.2. The number of anilines is 2. The van der Waals surface area contributed by atoms with E-state index in [9.17, 15) is 19.5 Å². The number of aliphatic hydroxyl groups is 1. The van der Waals surface area contributed by atoms with Crippen molar-refractivity contribution in [1.82, 2.24) is 9.80 Å². The first-order chi connectivity index (χ1) is 20.3. The van der Waals surface area contributed by atoms with Crippen LogP contribution in [0, 0.1) is 11.8 Å². The summed E-state index contributed by atoms with van der Waals surface area (Å²) in [4.78, 5) is 50.8. The lowest BCUT2D eigenvalue weighted by Gasteiger charge is -2.40. The lowest BCUT2D eigenvalue weighted by Crippen LogP contribution is -2.59. The number of rotatable bonds is 10. The Morgan fingerprint density at radius 2 is 1.62 bits per heavy atom. The fraction of sp³-hybridized carbons (Fsp3) is 0.606. The van der Waals surface area contributed by atoms with E-state index in [1.807, 2.05) is 69.3 Å². The number of likely N-dealkylation sites (tertiary alicyclic amines) is 1. The molecule has 42 heavy (non-hydrogen) atoms. The average Bonchev–Trinajstić information content (AvgIpc) is 3.30. The molecule has 3 amide bonds. The molecule has 4 aliphatic rings. The van der Waals surface area contributed by atoms with Gasteiger partial charge >= 0.3 is 0 Å². The summed E-state index contributed by atoms with van der Waals surface area (Å²) in [7, 11) is 0. The number of nitrogens with zero attached hydrogens (tertiary/aromatic N) is 4. The minimum absolute atomic E-state index is 0.106. The Morgan fingerprint density at radius 3 is 2.21 bits per heavy atom. The molecule has 2 fully saturated rings. The molecule has 4 heterocycles. The summed E-state index contributed by atoms with van der Waals surface area (Å²) in [5.41, 5.74) is -0.528. The maximum Gasteiger partial charge on any atom is 0.253 e. The Kier molecular flexibility index (Phi) is 8.54. The molecule has 0 radical (unpaired) electrons. The maximum atomic E-state index is 14.7. The molecular formula is C33H46N4O5. The fourth-order valence-corrected chi connectivity index (χ4v) is 7.69. The fourth-order valence-electron chi connectivity index (χ4n) is 7.69. The molecule has 228 valence electrons. The van der Waals surface area contributed by atoms with E-state index < -0.39 is 35.1 Å². The average molecular weight is 579 g/mol. The first-order valence-corrected chi connectivity index (χ1v) is 15.7. The van der Waals surface area contributed by atoms with E-state index in [1.165, 1.54) is 0 Å². The number of benzene rings is 1. The van der Waals surface area contributed by atoms with Crippen LogP contribution in [-0.2, 0) is 19.1 Å². The van der Waals surface area contributed by atoms with Gasteiger partial charge in [-0.25, -0.2) is 0 Å².